The van der Waals surface area contributed by atoms with Gasteiger partial charge in [-0.1, -0.05) is 20.8 Å². The summed E-state index contributed by atoms with van der Waals surface area (Å²) in [7, 11) is -3.33. The van der Waals surface area contributed by atoms with Crippen molar-refractivity contribution in [2.45, 2.75) is 39.7 Å². The Morgan fingerprint density at radius 2 is 1.94 bits per heavy atom. The Morgan fingerprint density at radius 1 is 1.35 bits per heavy atom. The molecule has 1 heterocycles. The van der Waals surface area contributed by atoms with Gasteiger partial charge in [-0.05, 0) is 18.8 Å². The lowest BCUT2D eigenvalue weighted by Crippen LogP contribution is -2.55. The van der Waals surface area contributed by atoms with Crippen LogP contribution in [-0.4, -0.2) is 49.2 Å². The molecule has 0 bridgehead atoms. The molecular formula is C11H25N3O2S. The van der Waals surface area contributed by atoms with Gasteiger partial charge in [0.15, 0.2) is 0 Å². The minimum Gasteiger partial charge on any atom is -0.329 e. The summed E-state index contributed by atoms with van der Waals surface area (Å²) < 4.78 is 28.0. The highest BCUT2D eigenvalue weighted by atomic mass is 32.2. The molecule has 1 aliphatic rings. The summed E-state index contributed by atoms with van der Waals surface area (Å²) in [4.78, 5) is 0. The van der Waals surface area contributed by atoms with Gasteiger partial charge >= 0.3 is 0 Å². The predicted octanol–water partition coefficient (Wildman–Crippen LogP) is 0.632. The van der Waals surface area contributed by atoms with Crippen molar-refractivity contribution in [3.8, 4) is 0 Å². The molecule has 1 fully saturated rings. The second-order valence-electron chi connectivity index (χ2n) is 4.63. The maximum absolute atomic E-state index is 12.5. The van der Waals surface area contributed by atoms with Gasteiger partial charge in [-0.15, -0.1) is 0 Å². The fourth-order valence-corrected chi connectivity index (χ4v) is 4.49. The van der Waals surface area contributed by atoms with Crippen LogP contribution >= 0.6 is 0 Å². The lowest BCUT2D eigenvalue weighted by molar-refractivity contribution is 0.181. The fraction of sp³-hybridized carbons (Fsp3) is 1.00. The molecule has 0 spiro atoms. The van der Waals surface area contributed by atoms with Crippen LogP contribution in [0.3, 0.4) is 0 Å². The average molecular weight is 263 g/mol. The third-order valence-corrected chi connectivity index (χ3v) is 5.85. The van der Waals surface area contributed by atoms with E-state index in [-0.39, 0.29) is 6.04 Å². The number of rotatable bonds is 5. The quantitative estimate of drug-likeness (QED) is 0.791. The summed E-state index contributed by atoms with van der Waals surface area (Å²) in [6, 6.07) is -0.0469. The number of nitrogens with two attached hydrogens (primary N) is 1. The average Bonchev–Trinajstić information content (AvgIpc) is 2.29. The topological polar surface area (TPSA) is 66.6 Å². The first-order chi connectivity index (χ1) is 7.98. The molecule has 0 radical (unpaired) electrons. The van der Waals surface area contributed by atoms with Crippen molar-refractivity contribution in [2.24, 2.45) is 11.7 Å². The van der Waals surface area contributed by atoms with E-state index in [1.807, 2.05) is 13.8 Å². The molecule has 17 heavy (non-hydrogen) atoms. The SMILES string of the molecule is CCN(CC)S(=O)(=O)N1CCC[C@H](C)[C@H]1CN. The van der Waals surface area contributed by atoms with E-state index in [4.69, 9.17) is 5.73 Å². The van der Waals surface area contributed by atoms with Gasteiger partial charge in [0.05, 0.1) is 0 Å². The molecule has 0 amide bonds. The van der Waals surface area contributed by atoms with Crippen LogP contribution < -0.4 is 5.73 Å². The van der Waals surface area contributed by atoms with E-state index in [9.17, 15) is 8.42 Å². The highest BCUT2D eigenvalue weighted by Gasteiger charge is 2.37. The Labute approximate surface area is 105 Å². The van der Waals surface area contributed by atoms with Crippen LogP contribution in [0.2, 0.25) is 0 Å². The minimum absolute atomic E-state index is 0.0469. The zero-order valence-corrected chi connectivity index (χ0v) is 11.9. The second-order valence-corrected chi connectivity index (χ2v) is 6.51. The van der Waals surface area contributed by atoms with E-state index in [0.717, 1.165) is 12.8 Å². The third-order valence-electron chi connectivity index (χ3n) is 3.63. The van der Waals surface area contributed by atoms with Crippen molar-refractivity contribution in [1.29, 1.82) is 0 Å². The first kappa shape index (κ1) is 14.9. The first-order valence-corrected chi connectivity index (χ1v) is 7.85. The summed E-state index contributed by atoms with van der Waals surface area (Å²) in [6.07, 6.45) is 1.99. The Morgan fingerprint density at radius 3 is 2.41 bits per heavy atom. The van der Waals surface area contributed by atoms with E-state index in [0.29, 0.717) is 32.1 Å². The van der Waals surface area contributed by atoms with Crippen molar-refractivity contribution in [2.75, 3.05) is 26.2 Å². The highest BCUT2D eigenvalue weighted by Crippen LogP contribution is 2.26. The van der Waals surface area contributed by atoms with Crippen LogP contribution in [0.5, 0.6) is 0 Å². The number of piperidine rings is 1. The summed E-state index contributed by atoms with van der Waals surface area (Å²) in [6.45, 7) is 7.86. The van der Waals surface area contributed by atoms with Crippen molar-refractivity contribution in [3.63, 3.8) is 0 Å². The molecule has 5 nitrogen and oxygen atoms in total. The predicted molar refractivity (Wildman–Crippen MR) is 69.8 cm³/mol. The standard InChI is InChI=1S/C11H25N3O2S/c1-4-13(5-2)17(15,16)14-8-6-7-10(3)11(14)9-12/h10-11H,4-9,12H2,1-3H3/t10-,11+/m0/s1. The number of hydrogen-bond acceptors (Lipinski definition) is 3. The summed E-state index contributed by atoms with van der Waals surface area (Å²) >= 11 is 0. The molecule has 2 atom stereocenters. The van der Waals surface area contributed by atoms with Crippen LogP contribution in [-0.2, 0) is 10.2 Å². The van der Waals surface area contributed by atoms with Crippen LogP contribution in [0, 0.1) is 5.92 Å². The second kappa shape index (κ2) is 6.13. The van der Waals surface area contributed by atoms with Gasteiger partial charge in [0.25, 0.3) is 10.2 Å². The zero-order chi connectivity index (χ0) is 13.1. The molecule has 0 saturated carbocycles. The van der Waals surface area contributed by atoms with Gasteiger partial charge in [0.2, 0.25) is 0 Å². The van der Waals surface area contributed by atoms with E-state index in [2.05, 4.69) is 6.92 Å². The van der Waals surface area contributed by atoms with Crippen molar-refractivity contribution >= 4 is 10.2 Å². The molecule has 6 heteroatoms. The third kappa shape index (κ3) is 2.99. The lowest BCUT2D eigenvalue weighted by atomic mass is 9.93. The molecule has 102 valence electrons. The van der Waals surface area contributed by atoms with Gasteiger partial charge in [0, 0.05) is 32.2 Å². The monoisotopic (exact) mass is 263 g/mol. The van der Waals surface area contributed by atoms with E-state index < -0.39 is 10.2 Å². The summed E-state index contributed by atoms with van der Waals surface area (Å²) in [5, 5.41) is 0. The van der Waals surface area contributed by atoms with Gasteiger partial charge < -0.3 is 5.73 Å². The largest absolute Gasteiger partial charge is 0.329 e. The fourth-order valence-electron chi connectivity index (χ4n) is 2.55. The lowest BCUT2D eigenvalue weighted by Gasteiger charge is -2.40. The molecule has 0 aromatic heterocycles. The number of nitrogens with zero attached hydrogens (tertiary/aromatic N) is 2. The van der Waals surface area contributed by atoms with Crippen LogP contribution in [0.1, 0.15) is 33.6 Å². The molecule has 0 aromatic carbocycles. The molecule has 0 aliphatic carbocycles. The van der Waals surface area contributed by atoms with E-state index in [1.54, 1.807) is 4.31 Å². The van der Waals surface area contributed by atoms with E-state index >= 15 is 0 Å². The molecule has 2 N–H and O–H groups in total. The van der Waals surface area contributed by atoms with Gasteiger partial charge in [-0.2, -0.15) is 17.0 Å². The molecular weight excluding hydrogens is 238 g/mol. The molecule has 0 unspecified atom stereocenters. The van der Waals surface area contributed by atoms with Crippen LogP contribution in [0.25, 0.3) is 0 Å². The number of hydrogen-bond donors (Lipinski definition) is 1. The first-order valence-electron chi connectivity index (χ1n) is 6.46. The van der Waals surface area contributed by atoms with Crippen molar-refractivity contribution in [3.05, 3.63) is 0 Å². The highest BCUT2D eigenvalue weighted by molar-refractivity contribution is 7.86. The maximum atomic E-state index is 12.5. The van der Waals surface area contributed by atoms with Crippen LogP contribution in [0.4, 0.5) is 0 Å². The maximum Gasteiger partial charge on any atom is 0.282 e. The minimum atomic E-state index is -3.33. The van der Waals surface area contributed by atoms with Crippen molar-refractivity contribution < 1.29 is 8.42 Å². The molecule has 1 saturated heterocycles. The molecule has 1 aliphatic heterocycles. The molecule has 0 aromatic rings. The van der Waals surface area contributed by atoms with Crippen molar-refractivity contribution in [1.82, 2.24) is 8.61 Å². The normalized spacial score (nSPS) is 27.6. The molecule has 1 rings (SSSR count). The van der Waals surface area contributed by atoms with Gasteiger partial charge in [-0.25, -0.2) is 0 Å². The Kier molecular flexibility index (Phi) is 5.37. The summed E-state index contributed by atoms with van der Waals surface area (Å²) in [5.41, 5.74) is 5.74. The Bertz CT molecular complexity index is 328. The Balaban J connectivity index is 2.95. The zero-order valence-electron chi connectivity index (χ0n) is 11.1. The van der Waals surface area contributed by atoms with Gasteiger partial charge in [0.1, 0.15) is 0 Å². The van der Waals surface area contributed by atoms with Gasteiger partial charge in [-0.3, -0.25) is 0 Å². The summed E-state index contributed by atoms with van der Waals surface area (Å²) in [5.74, 6) is 0.346. The van der Waals surface area contributed by atoms with Crippen LogP contribution in [0.15, 0.2) is 0 Å². The van der Waals surface area contributed by atoms with E-state index in [1.165, 1.54) is 4.31 Å². The smallest absolute Gasteiger partial charge is 0.282 e. The Hall–Kier alpha value is -0.170.